The Morgan fingerprint density at radius 2 is 2.21 bits per heavy atom. The molecular formula is C13H21N3O2S. The summed E-state index contributed by atoms with van der Waals surface area (Å²) in [6, 6.07) is 2.39. The van der Waals surface area contributed by atoms with Crippen LogP contribution < -0.4 is 5.32 Å². The van der Waals surface area contributed by atoms with Gasteiger partial charge < -0.3 is 10.3 Å². The second-order valence-corrected chi connectivity index (χ2v) is 7.71. The van der Waals surface area contributed by atoms with Gasteiger partial charge in [0.15, 0.2) is 0 Å². The summed E-state index contributed by atoms with van der Waals surface area (Å²) in [7, 11) is -3.30. The standard InChI is InChI=1S/C13H21N3O2S/c1-10-4-5-16(9-10)19(17,18)13-6-12(15-8-13)7-14-11-2-3-11/h6,8,10-11,14-15H,2-5,7,9H2,1H3. The number of rotatable bonds is 5. The van der Waals surface area contributed by atoms with Crippen LogP contribution in [0.25, 0.3) is 0 Å². The molecule has 0 spiro atoms. The van der Waals surface area contributed by atoms with Crippen molar-refractivity contribution in [2.75, 3.05) is 13.1 Å². The Morgan fingerprint density at radius 3 is 2.84 bits per heavy atom. The van der Waals surface area contributed by atoms with Gasteiger partial charge >= 0.3 is 0 Å². The maximum atomic E-state index is 12.4. The molecule has 1 unspecified atom stereocenters. The molecule has 1 aliphatic heterocycles. The quantitative estimate of drug-likeness (QED) is 0.856. The summed E-state index contributed by atoms with van der Waals surface area (Å²) < 4.78 is 26.5. The third-order valence-electron chi connectivity index (χ3n) is 3.90. The van der Waals surface area contributed by atoms with Crippen LogP contribution in [0.1, 0.15) is 31.9 Å². The van der Waals surface area contributed by atoms with E-state index in [1.54, 1.807) is 16.6 Å². The van der Waals surface area contributed by atoms with Crippen molar-refractivity contribution in [3.05, 3.63) is 18.0 Å². The Morgan fingerprint density at radius 1 is 1.42 bits per heavy atom. The molecule has 19 heavy (non-hydrogen) atoms. The second kappa shape index (κ2) is 4.92. The molecular weight excluding hydrogens is 262 g/mol. The van der Waals surface area contributed by atoms with Crippen LogP contribution in [0.4, 0.5) is 0 Å². The molecule has 2 fully saturated rings. The minimum absolute atomic E-state index is 0.397. The van der Waals surface area contributed by atoms with Crippen LogP contribution >= 0.6 is 0 Å². The van der Waals surface area contributed by atoms with E-state index in [9.17, 15) is 8.42 Å². The molecule has 1 aromatic heterocycles. The van der Waals surface area contributed by atoms with Gasteiger partial charge in [0, 0.05) is 37.6 Å². The SMILES string of the molecule is CC1CCN(S(=O)(=O)c2c[nH]c(CNC3CC3)c2)C1. The van der Waals surface area contributed by atoms with Gasteiger partial charge in [0.25, 0.3) is 0 Å². The lowest BCUT2D eigenvalue weighted by atomic mass is 10.2. The van der Waals surface area contributed by atoms with Crippen molar-refractivity contribution < 1.29 is 8.42 Å². The number of nitrogens with one attached hydrogen (secondary N) is 2. The number of nitrogens with zero attached hydrogens (tertiary/aromatic N) is 1. The van der Waals surface area contributed by atoms with Crippen molar-refractivity contribution in [1.82, 2.24) is 14.6 Å². The number of aromatic nitrogens is 1. The van der Waals surface area contributed by atoms with E-state index in [2.05, 4.69) is 17.2 Å². The highest BCUT2D eigenvalue weighted by molar-refractivity contribution is 7.89. The van der Waals surface area contributed by atoms with E-state index in [1.807, 2.05) is 0 Å². The summed E-state index contributed by atoms with van der Waals surface area (Å²) in [6.45, 7) is 4.10. The van der Waals surface area contributed by atoms with Crippen LogP contribution in [-0.2, 0) is 16.6 Å². The number of hydrogen-bond donors (Lipinski definition) is 2. The summed E-state index contributed by atoms with van der Waals surface area (Å²) in [4.78, 5) is 3.46. The first-order valence-electron chi connectivity index (χ1n) is 6.96. The van der Waals surface area contributed by atoms with E-state index < -0.39 is 10.0 Å². The third kappa shape index (κ3) is 2.85. The first kappa shape index (κ1) is 13.1. The predicted molar refractivity (Wildman–Crippen MR) is 73.2 cm³/mol. The van der Waals surface area contributed by atoms with Crippen LogP contribution in [0, 0.1) is 5.92 Å². The van der Waals surface area contributed by atoms with Crippen LogP contribution in [0.5, 0.6) is 0 Å². The number of aromatic amines is 1. The Labute approximate surface area is 114 Å². The first-order chi connectivity index (χ1) is 9.05. The molecule has 0 aromatic carbocycles. The molecule has 6 heteroatoms. The summed E-state index contributed by atoms with van der Waals surface area (Å²) in [5, 5.41) is 3.37. The average molecular weight is 283 g/mol. The fourth-order valence-electron chi connectivity index (χ4n) is 2.47. The third-order valence-corrected chi connectivity index (χ3v) is 5.74. The van der Waals surface area contributed by atoms with Crippen molar-refractivity contribution in [2.24, 2.45) is 5.92 Å². The summed E-state index contributed by atoms with van der Waals surface area (Å²) in [5.74, 6) is 0.463. The van der Waals surface area contributed by atoms with E-state index in [0.29, 0.717) is 29.9 Å². The Kier molecular flexibility index (Phi) is 3.41. The molecule has 0 bridgehead atoms. The number of H-pyrrole nitrogens is 1. The molecule has 0 amide bonds. The molecule has 1 saturated heterocycles. The van der Waals surface area contributed by atoms with Gasteiger partial charge in [-0.05, 0) is 31.2 Å². The molecule has 5 nitrogen and oxygen atoms in total. The predicted octanol–water partition coefficient (Wildman–Crippen LogP) is 1.30. The van der Waals surface area contributed by atoms with Gasteiger partial charge in [0.2, 0.25) is 10.0 Å². The van der Waals surface area contributed by atoms with Crippen molar-refractivity contribution in [2.45, 2.75) is 43.7 Å². The van der Waals surface area contributed by atoms with E-state index >= 15 is 0 Å². The van der Waals surface area contributed by atoms with Crippen molar-refractivity contribution in [3.63, 3.8) is 0 Å². The molecule has 2 heterocycles. The first-order valence-corrected chi connectivity index (χ1v) is 8.40. The van der Waals surface area contributed by atoms with Crippen LogP contribution in [0.15, 0.2) is 17.2 Å². The van der Waals surface area contributed by atoms with Gasteiger partial charge in [-0.3, -0.25) is 0 Å². The molecule has 3 rings (SSSR count). The fourth-order valence-corrected chi connectivity index (χ4v) is 4.07. The van der Waals surface area contributed by atoms with Gasteiger partial charge in [0.05, 0.1) is 4.90 Å². The van der Waals surface area contributed by atoms with Crippen molar-refractivity contribution >= 4 is 10.0 Å². The highest BCUT2D eigenvalue weighted by atomic mass is 32.2. The lowest BCUT2D eigenvalue weighted by molar-refractivity contribution is 0.464. The summed E-state index contributed by atoms with van der Waals surface area (Å²) in [5.41, 5.74) is 0.942. The summed E-state index contributed by atoms with van der Waals surface area (Å²) in [6.07, 6.45) is 5.04. The van der Waals surface area contributed by atoms with Gasteiger partial charge in [-0.15, -0.1) is 0 Å². The molecule has 0 radical (unpaired) electrons. The monoisotopic (exact) mass is 283 g/mol. The van der Waals surface area contributed by atoms with Gasteiger partial charge in [-0.1, -0.05) is 6.92 Å². The molecule has 2 N–H and O–H groups in total. The molecule has 1 aliphatic carbocycles. The molecule has 1 atom stereocenters. The second-order valence-electron chi connectivity index (χ2n) is 5.77. The van der Waals surface area contributed by atoms with Gasteiger partial charge in [-0.2, -0.15) is 4.31 Å². The summed E-state index contributed by atoms with van der Waals surface area (Å²) >= 11 is 0. The normalized spacial score (nSPS) is 25.0. The Bertz CT molecular complexity index is 548. The van der Waals surface area contributed by atoms with E-state index in [1.165, 1.54) is 12.8 Å². The smallest absolute Gasteiger partial charge is 0.244 e. The fraction of sp³-hybridized carbons (Fsp3) is 0.692. The average Bonchev–Trinajstić information content (AvgIpc) is 2.89. The zero-order valence-electron chi connectivity index (χ0n) is 11.2. The highest BCUT2D eigenvalue weighted by Gasteiger charge is 2.31. The van der Waals surface area contributed by atoms with E-state index in [0.717, 1.165) is 18.7 Å². The Balaban J connectivity index is 1.69. The maximum absolute atomic E-state index is 12.4. The van der Waals surface area contributed by atoms with Crippen molar-refractivity contribution in [1.29, 1.82) is 0 Å². The Hall–Kier alpha value is -0.850. The topological polar surface area (TPSA) is 65.2 Å². The van der Waals surface area contributed by atoms with Crippen LogP contribution in [0.2, 0.25) is 0 Å². The lowest BCUT2D eigenvalue weighted by Gasteiger charge is -2.14. The minimum Gasteiger partial charge on any atom is -0.363 e. The van der Waals surface area contributed by atoms with Crippen LogP contribution in [0.3, 0.4) is 0 Å². The number of sulfonamides is 1. The largest absolute Gasteiger partial charge is 0.363 e. The zero-order valence-corrected chi connectivity index (χ0v) is 12.0. The van der Waals surface area contributed by atoms with Gasteiger partial charge in [0.1, 0.15) is 0 Å². The minimum atomic E-state index is -3.30. The number of hydrogen-bond acceptors (Lipinski definition) is 3. The molecule has 106 valence electrons. The van der Waals surface area contributed by atoms with E-state index in [4.69, 9.17) is 0 Å². The maximum Gasteiger partial charge on any atom is 0.244 e. The van der Waals surface area contributed by atoms with Crippen LogP contribution in [-0.4, -0.2) is 36.8 Å². The zero-order chi connectivity index (χ0) is 13.5. The highest BCUT2D eigenvalue weighted by Crippen LogP contribution is 2.24. The molecule has 1 saturated carbocycles. The van der Waals surface area contributed by atoms with E-state index in [-0.39, 0.29) is 0 Å². The molecule has 2 aliphatic rings. The lowest BCUT2D eigenvalue weighted by Crippen LogP contribution is -2.28. The molecule has 1 aromatic rings. The van der Waals surface area contributed by atoms with Crippen molar-refractivity contribution in [3.8, 4) is 0 Å². The van der Waals surface area contributed by atoms with Gasteiger partial charge in [-0.25, -0.2) is 8.42 Å².